The maximum absolute atomic E-state index is 9.33. The van der Waals surface area contributed by atoms with Gasteiger partial charge in [0.1, 0.15) is 5.75 Å². The fourth-order valence-corrected chi connectivity index (χ4v) is 3.46. The molecule has 1 fully saturated rings. The van der Waals surface area contributed by atoms with Crippen molar-refractivity contribution >= 4 is 0 Å². The van der Waals surface area contributed by atoms with Crippen LogP contribution in [0, 0.1) is 11.8 Å². The van der Waals surface area contributed by atoms with Gasteiger partial charge in [0.25, 0.3) is 0 Å². The summed E-state index contributed by atoms with van der Waals surface area (Å²) in [7, 11) is 0. The Labute approximate surface area is 111 Å². The Morgan fingerprint density at radius 3 is 2.28 bits per heavy atom. The third-order valence-corrected chi connectivity index (χ3v) is 4.69. The lowest BCUT2D eigenvalue weighted by Gasteiger charge is -2.32. The number of phenolic OH excluding ortho intramolecular Hbond substituents is 1. The molecule has 0 aromatic heterocycles. The van der Waals surface area contributed by atoms with Gasteiger partial charge in [-0.1, -0.05) is 38.8 Å². The zero-order valence-electron chi connectivity index (χ0n) is 11.7. The molecule has 0 spiro atoms. The van der Waals surface area contributed by atoms with Crippen molar-refractivity contribution < 1.29 is 5.11 Å². The van der Waals surface area contributed by atoms with Crippen molar-refractivity contribution in [3.05, 3.63) is 29.8 Å². The molecule has 1 unspecified atom stereocenters. The van der Waals surface area contributed by atoms with Crippen LogP contribution in [0.15, 0.2) is 24.3 Å². The smallest absolute Gasteiger partial charge is 0.115 e. The van der Waals surface area contributed by atoms with Crippen LogP contribution in [0.25, 0.3) is 0 Å². The van der Waals surface area contributed by atoms with Gasteiger partial charge in [-0.05, 0) is 61.1 Å². The molecule has 100 valence electrons. The average Bonchev–Trinajstić information content (AvgIpc) is 2.40. The molecule has 1 atom stereocenters. The van der Waals surface area contributed by atoms with E-state index < -0.39 is 0 Å². The van der Waals surface area contributed by atoms with Crippen molar-refractivity contribution in [1.82, 2.24) is 0 Å². The minimum absolute atomic E-state index is 0.379. The first-order chi connectivity index (χ1) is 8.70. The first-order valence-corrected chi connectivity index (χ1v) is 7.49. The summed E-state index contributed by atoms with van der Waals surface area (Å²) in [5, 5.41) is 9.33. The average molecular weight is 246 g/mol. The lowest BCUT2D eigenvalue weighted by molar-refractivity contribution is 0.234. The van der Waals surface area contributed by atoms with Gasteiger partial charge in [-0.25, -0.2) is 0 Å². The Bertz CT molecular complexity index is 346. The number of rotatable bonds is 4. The molecule has 1 N–H and O–H groups in total. The molecule has 18 heavy (non-hydrogen) atoms. The van der Waals surface area contributed by atoms with E-state index in [0.29, 0.717) is 5.75 Å². The molecule has 0 saturated heterocycles. The topological polar surface area (TPSA) is 20.2 Å². The van der Waals surface area contributed by atoms with Gasteiger partial charge in [-0.3, -0.25) is 0 Å². The normalized spacial score (nSPS) is 25.9. The van der Waals surface area contributed by atoms with Gasteiger partial charge in [0.05, 0.1) is 0 Å². The molecule has 0 aliphatic heterocycles. The molecule has 1 aliphatic rings. The van der Waals surface area contributed by atoms with Gasteiger partial charge in [0.2, 0.25) is 0 Å². The summed E-state index contributed by atoms with van der Waals surface area (Å²) >= 11 is 0. The van der Waals surface area contributed by atoms with E-state index in [-0.39, 0.29) is 0 Å². The van der Waals surface area contributed by atoms with Crippen LogP contribution in [0.1, 0.15) is 63.9 Å². The second kappa shape index (κ2) is 6.26. The summed E-state index contributed by atoms with van der Waals surface area (Å²) in [6, 6.07) is 7.83. The predicted octanol–water partition coefficient (Wildman–Crippen LogP) is 5.10. The van der Waals surface area contributed by atoms with E-state index in [4.69, 9.17) is 0 Å². The maximum atomic E-state index is 9.33. The van der Waals surface area contributed by atoms with E-state index in [2.05, 4.69) is 26.0 Å². The molecule has 0 bridgehead atoms. The lowest BCUT2D eigenvalue weighted by atomic mass is 9.73. The summed E-state index contributed by atoms with van der Waals surface area (Å²) in [6.07, 6.45) is 8.11. The maximum Gasteiger partial charge on any atom is 0.115 e. The van der Waals surface area contributed by atoms with E-state index in [1.54, 1.807) is 0 Å². The Morgan fingerprint density at radius 2 is 1.72 bits per heavy atom. The zero-order chi connectivity index (χ0) is 13.0. The van der Waals surface area contributed by atoms with Gasteiger partial charge >= 0.3 is 0 Å². The molecule has 1 heteroatoms. The number of phenols is 1. The van der Waals surface area contributed by atoms with E-state index in [0.717, 1.165) is 17.8 Å². The molecule has 1 nitrogen and oxygen atoms in total. The minimum atomic E-state index is 0.379. The molecular weight excluding hydrogens is 220 g/mol. The number of benzene rings is 1. The summed E-state index contributed by atoms with van der Waals surface area (Å²) in [5.74, 6) is 2.94. The van der Waals surface area contributed by atoms with Gasteiger partial charge in [-0.15, -0.1) is 0 Å². The predicted molar refractivity (Wildman–Crippen MR) is 76.9 cm³/mol. The third kappa shape index (κ3) is 3.28. The lowest BCUT2D eigenvalue weighted by Crippen LogP contribution is -2.19. The van der Waals surface area contributed by atoms with Crippen LogP contribution in [0.4, 0.5) is 0 Å². The fourth-order valence-electron chi connectivity index (χ4n) is 3.46. The molecule has 1 saturated carbocycles. The third-order valence-electron chi connectivity index (χ3n) is 4.69. The highest BCUT2D eigenvalue weighted by molar-refractivity contribution is 5.28. The highest BCUT2D eigenvalue weighted by Crippen LogP contribution is 2.39. The van der Waals surface area contributed by atoms with E-state index in [1.165, 1.54) is 44.1 Å². The molecule has 0 heterocycles. The van der Waals surface area contributed by atoms with Crippen molar-refractivity contribution in [3.63, 3.8) is 0 Å². The largest absolute Gasteiger partial charge is 0.508 e. The summed E-state index contributed by atoms with van der Waals surface area (Å²) in [4.78, 5) is 0. The Morgan fingerprint density at radius 1 is 1.11 bits per heavy atom. The van der Waals surface area contributed by atoms with Crippen LogP contribution in [-0.4, -0.2) is 5.11 Å². The number of hydrogen-bond acceptors (Lipinski definition) is 1. The van der Waals surface area contributed by atoms with Gasteiger partial charge in [0, 0.05) is 0 Å². The standard InChI is InChI=1S/C17H26O/c1-3-4-13(2)14-5-7-15(8-6-14)16-9-11-17(18)12-10-16/h9-15,18H,3-8H2,1-2H3. The highest BCUT2D eigenvalue weighted by Gasteiger charge is 2.25. The van der Waals surface area contributed by atoms with Crippen molar-refractivity contribution in [2.24, 2.45) is 11.8 Å². The number of aromatic hydroxyl groups is 1. The van der Waals surface area contributed by atoms with Crippen molar-refractivity contribution in [3.8, 4) is 5.75 Å². The Kier molecular flexibility index (Phi) is 4.68. The van der Waals surface area contributed by atoms with Crippen LogP contribution in [0.2, 0.25) is 0 Å². The molecule has 1 aromatic carbocycles. The zero-order valence-corrected chi connectivity index (χ0v) is 11.7. The Hall–Kier alpha value is -0.980. The van der Waals surface area contributed by atoms with Crippen molar-refractivity contribution in [1.29, 1.82) is 0 Å². The molecule has 0 amide bonds. The second-order valence-electron chi connectivity index (χ2n) is 5.97. The van der Waals surface area contributed by atoms with E-state index in [1.807, 2.05) is 12.1 Å². The van der Waals surface area contributed by atoms with Gasteiger partial charge in [-0.2, -0.15) is 0 Å². The van der Waals surface area contributed by atoms with Crippen molar-refractivity contribution in [2.75, 3.05) is 0 Å². The monoisotopic (exact) mass is 246 g/mol. The van der Waals surface area contributed by atoms with E-state index >= 15 is 0 Å². The molecule has 1 aliphatic carbocycles. The first-order valence-electron chi connectivity index (χ1n) is 7.49. The number of hydrogen-bond donors (Lipinski definition) is 1. The van der Waals surface area contributed by atoms with Gasteiger partial charge in [0.15, 0.2) is 0 Å². The minimum Gasteiger partial charge on any atom is -0.508 e. The first kappa shape index (κ1) is 13.5. The SMILES string of the molecule is CCCC(C)C1CCC(c2ccc(O)cc2)CC1. The molecule has 0 radical (unpaired) electrons. The quantitative estimate of drug-likeness (QED) is 0.783. The molecule has 1 aromatic rings. The molecular formula is C17H26O. The summed E-state index contributed by atoms with van der Waals surface area (Å²) < 4.78 is 0. The highest BCUT2D eigenvalue weighted by atomic mass is 16.3. The Balaban J connectivity index is 1.88. The van der Waals surface area contributed by atoms with Gasteiger partial charge < -0.3 is 5.11 Å². The van der Waals surface area contributed by atoms with Crippen LogP contribution in [-0.2, 0) is 0 Å². The van der Waals surface area contributed by atoms with Crippen LogP contribution in [0.5, 0.6) is 5.75 Å². The van der Waals surface area contributed by atoms with Crippen LogP contribution in [0.3, 0.4) is 0 Å². The van der Waals surface area contributed by atoms with Crippen LogP contribution >= 0.6 is 0 Å². The fraction of sp³-hybridized carbons (Fsp3) is 0.647. The second-order valence-corrected chi connectivity index (χ2v) is 5.97. The molecule has 2 rings (SSSR count). The summed E-state index contributed by atoms with van der Waals surface area (Å²) in [5.41, 5.74) is 1.41. The van der Waals surface area contributed by atoms with E-state index in [9.17, 15) is 5.11 Å². The van der Waals surface area contributed by atoms with Crippen LogP contribution < -0.4 is 0 Å². The summed E-state index contributed by atoms with van der Waals surface area (Å²) in [6.45, 7) is 4.72. The van der Waals surface area contributed by atoms with Crippen molar-refractivity contribution in [2.45, 2.75) is 58.3 Å².